The van der Waals surface area contributed by atoms with Crippen LogP contribution in [0.5, 0.6) is 5.75 Å². The molecule has 1 atom stereocenters. The highest BCUT2D eigenvalue weighted by Gasteiger charge is 2.21. The van der Waals surface area contributed by atoms with Gasteiger partial charge < -0.3 is 4.74 Å². The van der Waals surface area contributed by atoms with Crippen LogP contribution in [0.4, 0.5) is 4.39 Å². The summed E-state index contributed by atoms with van der Waals surface area (Å²) in [5.74, 6) is -1.38. The van der Waals surface area contributed by atoms with E-state index in [4.69, 9.17) is 10.00 Å². The molecule has 2 aromatic rings. The summed E-state index contributed by atoms with van der Waals surface area (Å²) in [7, 11) is -4.25. The Balaban J connectivity index is 1.97. The molecule has 0 fully saturated rings. The van der Waals surface area contributed by atoms with Crippen molar-refractivity contribution in [3.8, 4) is 11.8 Å². The number of nitrogens with one attached hydrogen (secondary N) is 2. The first kappa shape index (κ1) is 18.4. The quantitative estimate of drug-likeness (QED) is 0.756. The minimum atomic E-state index is -4.25. The lowest BCUT2D eigenvalue weighted by Crippen LogP contribution is -2.47. The summed E-state index contributed by atoms with van der Waals surface area (Å²) in [4.78, 5) is 13.1. The van der Waals surface area contributed by atoms with E-state index in [1.165, 1.54) is 43.3 Å². The molecule has 2 N–H and O–H groups in total. The molecule has 1 amide bonds. The fraction of sp³-hybridized carbons (Fsp3) is 0.125. The molecule has 0 aromatic heterocycles. The topological polar surface area (TPSA) is 108 Å². The summed E-state index contributed by atoms with van der Waals surface area (Å²) >= 11 is 0. The van der Waals surface area contributed by atoms with E-state index >= 15 is 0 Å². The van der Waals surface area contributed by atoms with Crippen LogP contribution in [0.25, 0.3) is 0 Å². The summed E-state index contributed by atoms with van der Waals surface area (Å²) in [6.45, 7) is 1.41. The average molecular weight is 363 g/mol. The second-order valence-corrected chi connectivity index (χ2v) is 6.57. The Morgan fingerprint density at radius 1 is 1.20 bits per heavy atom. The molecule has 0 aliphatic rings. The molecule has 0 heterocycles. The van der Waals surface area contributed by atoms with E-state index in [9.17, 15) is 17.6 Å². The molecule has 0 saturated heterocycles. The maximum Gasteiger partial charge on any atom is 0.275 e. The molecule has 0 aliphatic heterocycles. The van der Waals surface area contributed by atoms with Gasteiger partial charge in [-0.2, -0.15) is 5.26 Å². The molecule has 0 radical (unpaired) electrons. The van der Waals surface area contributed by atoms with Gasteiger partial charge in [0.1, 0.15) is 16.5 Å². The van der Waals surface area contributed by atoms with Crippen LogP contribution in [0, 0.1) is 17.1 Å². The Kier molecular flexibility index (Phi) is 5.69. The van der Waals surface area contributed by atoms with Gasteiger partial charge in [0.15, 0.2) is 6.10 Å². The van der Waals surface area contributed by atoms with Gasteiger partial charge in [-0.1, -0.05) is 12.1 Å². The number of amides is 1. The van der Waals surface area contributed by atoms with Crippen molar-refractivity contribution in [3.63, 3.8) is 0 Å². The normalized spacial score (nSPS) is 12.0. The molecule has 2 aromatic carbocycles. The highest BCUT2D eigenvalue weighted by Crippen LogP contribution is 2.14. The lowest BCUT2D eigenvalue weighted by Gasteiger charge is -2.15. The zero-order chi connectivity index (χ0) is 18.4. The van der Waals surface area contributed by atoms with Gasteiger partial charge in [-0.3, -0.25) is 10.2 Å². The SMILES string of the molecule is C[C@@H](Oc1ccc(C#N)cc1)C(=O)NNS(=O)(=O)c1ccccc1F. The van der Waals surface area contributed by atoms with Crippen LogP contribution in [0.1, 0.15) is 12.5 Å². The second kappa shape index (κ2) is 7.74. The first-order valence-corrected chi connectivity index (χ1v) is 8.55. The zero-order valence-corrected chi connectivity index (χ0v) is 13.9. The van der Waals surface area contributed by atoms with Crippen LogP contribution >= 0.6 is 0 Å². The van der Waals surface area contributed by atoms with Crippen LogP contribution in [-0.4, -0.2) is 20.4 Å². The maximum atomic E-state index is 13.5. The number of nitrogens with zero attached hydrogens (tertiary/aromatic N) is 1. The molecular formula is C16H14FN3O4S. The monoisotopic (exact) mass is 363 g/mol. The predicted octanol–water partition coefficient (Wildman–Crippen LogP) is 1.47. The van der Waals surface area contributed by atoms with Crippen LogP contribution in [0.15, 0.2) is 53.4 Å². The third kappa shape index (κ3) is 4.76. The molecule has 0 unspecified atom stereocenters. The summed E-state index contributed by atoms with van der Waals surface area (Å²) in [5, 5.41) is 8.71. The number of hydrogen-bond acceptors (Lipinski definition) is 5. The summed E-state index contributed by atoms with van der Waals surface area (Å²) in [6.07, 6.45) is -1.03. The molecule has 2 rings (SSSR count). The minimum Gasteiger partial charge on any atom is -0.481 e. The molecule has 25 heavy (non-hydrogen) atoms. The highest BCUT2D eigenvalue weighted by atomic mass is 32.2. The molecule has 0 saturated carbocycles. The third-order valence-corrected chi connectivity index (χ3v) is 4.38. The number of nitriles is 1. The van der Waals surface area contributed by atoms with Crippen molar-refractivity contribution in [2.75, 3.05) is 0 Å². The Labute approximate surface area is 144 Å². The fourth-order valence-electron chi connectivity index (χ4n) is 1.80. The number of hydrogen-bond donors (Lipinski definition) is 2. The standard InChI is InChI=1S/C16H14FN3O4S/c1-11(24-13-8-6-12(10-18)7-9-13)16(21)19-20-25(22,23)15-5-3-2-4-14(15)17/h2-9,11,20H,1H3,(H,19,21)/t11-/m1/s1. The van der Waals surface area contributed by atoms with Crippen LogP contribution < -0.4 is 15.0 Å². The Hall–Kier alpha value is -2.96. The van der Waals surface area contributed by atoms with E-state index in [0.717, 1.165) is 12.1 Å². The summed E-state index contributed by atoms with van der Waals surface area (Å²) in [6, 6.07) is 12.8. The van der Waals surface area contributed by atoms with E-state index in [-0.39, 0.29) is 0 Å². The number of sulfonamides is 1. The average Bonchev–Trinajstić information content (AvgIpc) is 2.60. The number of carbonyl (C=O) groups is 1. The van der Waals surface area contributed by atoms with E-state index in [1.807, 2.05) is 16.3 Å². The molecule has 9 heteroatoms. The van der Waals surface area contributed by atoms with Gasteiger partial charge in [0.25, 0.3) is 15.9 Å². The van der Waals surface area contributed by atoms with Crippen molar-refractivity contribution in [1.82, 2.24) is 10.3 Å². The smallest absolute Gasteiger partial charge is 0.275 e. The molecule has 0 bridgehead atoms. The van der Waals surface area contributed by atoms with Gasteiger partial charge in [0, 0.05) is 0 Å². The van der Waals surface area contributed by atoms with Gasteiger partial charge in [-0.05, 0) is 43.3 Å². The van der Waals surface area contributed by atoms with Crippen LogP contribution in [0.3, 0.4) is 0 Å². The number of halogens is 1. The molecule has 130 valence electrons. The maximum absolute atomic E-state index is 13.5. The molecule has 0 aliphatic carbocycles. The number of carbonyl (C=O) groups excluding carboxylic acids is 1. The lowest BCUT2D eigenvalue weighted by atomic mass is 10.2. The van der Waals surface area contributed by atoms with Gasteiger partial charge in [-0.15, -0.1) is 4.83 Å². The van der Waals surface area contributed by atoms with E-state index in [0.29, 0.717) is 11.3 Å². The van der Waals surface area contributed by atoms with Gasteiger partial charge in [0.05, 0.1) is 11.6 Å². The Morgan fingerprint density at radius 2 is 1.84 bits per heavy atom. The van der Waals surface area contributed by atoms with Gasteiger partial charge >= 0.3 is 0 Å². The van der Waals surface area contributed by atoms with Crippen molar-refractivity contribution in [3.05, 3.63) is 59.9 Å². The summed E-state index contributed by atoms with van der Waals surface area (Å²) in [5.41, 5.74) is 2.40. The predicted molar refractivity (Wildman–Crippen MR) is 86.1 cm³/mol. The highest BCUT2D eigenvalue weighted by molar-refractivity contribution is 7.89. The van der Waals surface area contributed by atoms with E-state index < -0.39 is 32.7 Å². The first-order valence-electron chi connectivity index (χ1n) is 7.06. The molecule has 7 nitrogen and oxygen atoms in total. The number of benzene rings is 2. The summed E-state index contributed by atoms with van der Waals surface area (Å²) < 4.78 is 42.8. The number of ether oxygens (including phenoxy) is 1. The largest absolute Gasteiger partial charge is 0.481 e. The van der Waals surface area contributed by atoms with E-state index in [1.54, 1.807) is 0 Å². The van der Waals surface area contributed by atoms with Crippen molar-refractivity contribution < 1.29 is 22.3 Å². The van der Waals surface area contributed by atoms with Gasteiger partial charge in [0.2, 0.25) is 0 Å². The van der Waals surface area contributed by atoms with Crippen LogP contribution in [-0.2, 0) is 14.8 Å². The third-order valence-electron chi connectivity index (χ3n) is 3.10. The fourth-order valence-corrected chi connectivity index (χ4v) is 2.73. The second-order valence-electron chi connectivity index (χ2n) is 4.92. The van der Waals surface area contributed by atoms with Crippen LogP contribution in [0.2, 0.25) is 0 Å². The Bertz CT molecular complexity index is 908. The minimum absolute atomic E-state index is 0.332. The zero-order valence-electron chi connectivity index (χ0n) is 13.1. The lowest BCUT2D eigenvalue weighted by molar-refractivity contribution is -0.127. The Morgan fingerprint density at radius 3 is 2.44 bits per heavy atom. The number of rotatable bonds is 6. The van der Waals surface area contributed by atoms with Crippen molar-refractivity contribution in [2.45, 2.75) is 17.9 Å². The molecule has 0 spiro atoms. The first-order chi connectivity index (χ1) is 11.8. The van der Waals surface area contributed by atoms with Crippen molar-refractivity contribution in [2.24, 2.45) is 0 Å². The van der Waals surface area contributed by atoms with E-state index in [2.05, 4.69) is 0 Å². The van der Waals surface area contributed by atoms with Gasteiger partial charge in [-0.25, -0.2) is 12.8 Å². The van der Waals surface area contributed by atoms with Crippen molar-refractivity contribution in [1.29, 1.82) is 5.26 Å². The van der Waals surface area contributed by atoms with Crippen molar-refractivity contribution >= 4 is 15.9 Å². The molecular weight excluding hydrogens is 349 g/mol. The number of hydrazine groups is 1.